The number of halogens is 1. The van der Waals surface area contributed by atoms with E-state index in [0.717, 1.165) is 37.5 Å². The van der Waals surface area contributed by atoms with Crippen molar-refractivity contribution in [2.75, 3.05) is 38.2 Å². The Kier molecular flexibility index (Phi) is 5.02. The fraction of sp³-hybridized carbons (Fsp3) is 0.300. The van der Waals surface area contributed by atoms with Gasteiger partial charge in [0.2, 0.25) is 11.7 Å². The fourth-order valence-electron chi connectivity index (χ4n) is 3.18. The number of benzene rings is 2. The predicted octanol–water partition coefficient (Wildman–Crippen LogP) is 3.21. The average molecular weight is 368 g/mol. The maximum Gasteiger partial charge on any atom is 0.241 e. The molecule has 140 valence electrons. The van der Waals surface area contributed by atoms with Crippen molar-refractivity contribution >= 4 is 5.69 Å². The van der Waals surface area contributed by atoms with Crippen LogP contribution in [0.2, 0.25) is 0 Å². The minimum Gasteiger partial charge on any atom is -0.497 e. The maximum absolute atomic E-state index is 13.0. The number of anilines is 1. The van der Waals surface area contributed by atoms with Gasteiger partial charge in [0.05, 0.1) is 13.7 Å². The molecule has 0 spiro atoms. The molecule has 1 aromatic heterocycles. The van der Waals surface area contributed by atoms with E-state index in [0.29, 0.717) is 18.3 Å². The van der Waals surface area contributed by atoms with Crippen molar-refractivity contribution in [1.82, 2.24) is 15.0 Å². The summed E-state index contributed by atoms with van der Waals surface area (Å²) in [6.07, 6.45) is 0. The van der Waals surface area contributed by atoms with Gasteiger partial charge in [-0.25, -0.2) is 4.39 Å². The third-order valence-corrected chi connectivity index (χ3v) is 4.74. The molecule has 0 amide bonds. The van der Waals surface area contributed by atoms with E-state index in [9.17, 15) is 4.39 Å². The van der Waals surface area contributed by atoms with Crippen LogP contribution < -0.4 is 9.64 Å². The molecule has 6 nitrogen and oxygen atoms in total. The van der Waals surface area contributed by atoms with Crippen LogP contribution in [-0.2, 0) is 6.54 Å². The number of aromatic nitrogens is 2. The number of methoxy groups -OCH3 is 1. The van der Waals surface area contributed by atoms with Gasteiger partial charge in [-0.1, -0.05) is 5.16 Å². The predicted molar refractivity (Wildman–Crippen MR) is 100 cm³/mol. The Morgan fingerprint density at radius 1 is 1.00 bits per heavy atom. The summed E-state index contributed by atoms with van der Waals surface area (Å²) in [4.78, 5) is 9.08. The molecule has 0 unspecified atom stereocenters. The lowest BCUT2D eigenvalue weighted by atomic mass is 10.2. The van der Waals surface area contributed by atoms with Crippen LogP contribution in [0, 0.1) is 5.82 Å². The molecule has 0 atom stereocenters. The summed E-state index contributed by atoms with van der Waals surface area (Å²) in [5.41, 5.74) is 1.95. The van der Waals surface area contributed by atoms with Crippen molar-refractivity contribution in [3.8, 4) is 17.1 Å². The molecule has 2 aromatic carbocycles. The standard InChI is InChI=1S/C20H21FN4O2/c1-26-18-8-6-17(7-9-18)25-12-10-24(11-13-25)14-19-22-20(23-27-19)15-2-4-16(21)5-3-15/h2-9H,10-14H2,1H3. The van der Waals surface area contributed by atoms with Crippen molar-refractivity contribution in [1.29, 1.82) is 0 Å². The van der Waals surface area contributed by atoms with Gasteiger partial charge in [-0.15, -0.1) is 0 Å². The van der Waals surface area contributed by atoms with E-state index < -0.39 is 0 Å². The number of piperazine rings is 1. The first-order chi connectivity index (χ1) is 13.2. The number of nitrogens with zero attached hydrogens (tertiary/aromatic N) is 4. The SMILES string of the molecule is COc1ccc(N2CCN(Cc3nc(-c4ccc(F)cc4)no3)CC2)cc1. The normalized spacial score (nSPS) is 15.1. The number of hydrogen-bond donors (Lipinski definition) is 0. The zero-order chi connectivity index (χ0) is 18.6. The van der Waals surface area contributed by atoms with Gasteiger partial charge in [-0.3, -0.25) is 4.90 Å². The lowest BCUT2D eigenvalue weighted by Gasteiger charge is -2.35. The summed E-state index contributed by atoms with van der Waals surface area (Å²) in [6.45, 7) is 4.32. The quantitative estimate of drug-likeness (QED) is 0.689. The molecular weight excluding hydrogens is 347 g/mol. The molecule has 1 aliphatic rings. The first-order valence-corrected chi connectivity index (χ1v) is 8.91. The molecule has 27 heavy (non-hydrogen) atoms. The Bertz CT molecular complexity index is 872. The molecule has 0 aliphatic carbocycles. The Morgan fingerprint density at radius 3 is 2.37 bits per heavy atom. The van der Waals surface area contributed by atoms with Gasteiger partial charge in [0, 0.05) is 37.4 Å². The summed E-state index contributed by atoms with van der Waals surface area (Å²) in [7, 11) is 1.67. The molecule has 1 aliphatic heterocycles. The van der Waals surface area contributed by atoms with E-state index in [2.05, 4.69) is 32.1 Å². The maximum atomic E-state index is 13.0. The second-order valence-electron chi connectivity index (χ2n) is 6.48. The minimum atomic E-state index is -0.280. The summed E-state index contributed by atoms with van der Waals surface area (Å²) in [5, 5.41) is 4.00. The molecule has 2 heterocycles. The highest BCUT2D eigenvalue weighted by atomic mass is 19.1. The summed E-state index contributed by atoms with van der Waals surface area (Å²) < 4.78 is 23.6. The van der Waals surface area contributed by atoms with Crippen LogP contribution in [0.1, 0.15) is 5.89 Å². The molecule has 4 rings (SSSR count). The van der Waals surface area contributed by atoms with Crippen LogP contribution in [0.3, 0.4) is 0 Å². The monoisotopic (exact) mass is 368 g/mol. The van der Waals surface area contributed by atoms with E-state index in [1.807, 2.05) is 12.1 Å². The Balaban J connectivity index is 1.33. The average Bonchev–Trinajstić information content (AvgIpc) is 3.18. The fourth-order valence-corrected chi connectivity index (χ4v) is 3.18. The number of rotatable bonds is 5. The van der Waals surface area contributed by atoms with Crippen LogP contribution >= 0.6 is 0 Å². The zero-order valence-corrected chi connectivity index (χ0v) is 15.1. The van der Waals surface area contributed by atoms with Crippen LogP contribution in [0.15, 0.2) is 53.1 Å². The lowest BCUT2D eigenvalue weighted by molar-refractivity contribution is 0.215. The lowest BCUT2D eigenvalue weighted by Crippen LogP contribution is -2.46. The highest BCUT2D eigenvalue weighted by Gasteiger charge is 2.20. The van der Waals surface area contributed by atoms with Gasteiger partial charge in [0.25, 0.3) is 0 Å². The van der Waals surface area contributed by atoms with E-state index in [1.54, 1.807) is 19.2 Å². The van der Waals surface area contributed by atoms with Crippen LogP contribution in [-0.4, -0.2) is 48.3 Å². The van der Waals surface area contributed by atoms with Gasteiger partial charge in [-0.05, 0) is 48.5 Å². The Labute approximate surface area is 157 Å². The molecule has 1 saturated heterocycles. The van der Waals surface area contributed by atoms with Crippen LogP contribution in [0.4, 0.5) is 10.1 Å². The molecule has 3 aromatic rings. The first kappa shape index (κ1) is 17.5. The van der Waals surface area contributed by atoms with Crippen molar-refractivity contribution in [2.45, 2.75) is 6.54 Å². The molecule has 0 radical (unpaired) electrons. The van der Waals surface area contributed by atoms with E-state index in [4.69, 9.17) is 9.26 Å². The van der Waals surface area contributed by atoms with Gasteiger partial charge in [-0.2, -0.15) is 4.98 Å². The summed E-state index contributed by atoms with van der Waals surface area (Å²) >= 11 is 0. The van der Waals surface area contributed by atoms with Gasteiger partial charge < -0.3 is 14.2 Å². The molecule has 1 fully saturated rings. The second-order valence-corrected chi connectivity index (χ2v) is 6.48. The van der Waals surface area contributed by atoms with Gasteiger partial charge >= 0.3 is 0 Å². The summed E-state index contributed by atoms with van der Waals surface area (Å²) in [6, 6.07) is 14.2. The molecular formula is C20H21FN4O2. The van der Waals surface area contributed by atoms with Gasteiger partial charge in [0.1, 0.15) is 11.6 Å². The second kappa shape index (κ2) is 7.75. The molecule has 0 bridgehead atoms. The topological polar surface area (TPSA) is 54.6 Å². The Hall–Kier alpha value is -2.93. The third kappa shape index (κ3) is 4.09. The highest BCUT2D eigenvalue weighted by Crippen LogP contribution is 2.21. The van der Waals surface area contributed by atoms with Crippen molar-refractivity contribution in [3.05, 3.63) is 60.2 Å². The van der Waals surface area contributed by atoms with E-state index >= 15 is 0 Å². The highest BCUT2D eigenvalue weighted by molar-refractivity contribution is 5.53. The van der Waals surface area contributed by atoms with Crippen LogP contribution in [0.25, 0.3) is 11.4 Å². The summed E-state index contributed by atoms with van der Waals surface area (Å²) in [5.74, 6) is 1.65. The van der Waals surface area contributed by atoms with Crippen molar-refractivity contribution < 1.29 is 13.7 Å². The number of ether oxygens (including phenoxy) is 1. The zero-order valence-electron chi connectivity index (χ0n) is 15.1. The third-order valence-electron chi connectivity index (χ3n) is 4.74. The largest absolute Gasteiger partial charge is 0.497 e. The molecule has 0 N–H and O–H groups in total. The molecule has 7 heteroatoms. The smallest absolute Gasteiger partial charge is 0.241 e. The van der Waals surface area contributed by atoms with Crippen LogP contribution in [0.5, 0.6) is 5.75 Å². The number of hydrogen-bond acceptors (Lipinski definition) is 6. The minimum absolute atomic E-state index is 0.280. The molecule has 0 saturated carbocycles. The van der Waals surface area contributed by atoms with Crippen molar-refractivity contribution in [3.63, 3.8) is 0 Å². The first-order valence-electron chi connectivity index (χ1n) is 8.91. The van der Waals surface area contributed by atoms with Crippen molar-refractivity contribution in [2.24, 2.45) is 0 Å². The van der Waals surface area contributed by atoms with Gasteiger partial charge in [0.15, 0.2) is 0 Å². The van der Waals surface area contributed by atoms with E-state index in [-0.39, 0.29) is 5.82 Å². The van der Waals surface area contributed by atoms with E-state index in [1.165, 1.54) is 17.8 Å². The Morgan fingerprint density at radius 2 is 1.70 bits per heavy atom.